The quantitative estimate of drug-likeness (QED) is 0.609. The number of carbonyl (C=O) groups excluding carboxylic acids is 2. The van der Waals surface area contributed by atoms with Crippen molar-refractivity contribution in [3.05, 3.63) is 48.0 Å². The Hall–Kier alpha value is -2.06. The topological polar surface area (TPSA) is 78.4 Å². The van der Waals surface area contributed by atoms with Gasteiger partial charge >= 0.3 is 11.9 Å². The predicted octanol–water partition coefficient (Wildman–Crippen LogP) is 2.85. The predicted molar refractivity (Wildman–Crippen MR) is 82.9 cm³/mol. The minimum absolute atomic E-state index is 0.265. The van der Waals surface area contributed by atoms with Gasteiger partial charge in [-0.1, -0.05) is 21.6 Å². The van der Waals surface area contributed by atoms with E-state index in [2.05, 4.69) is 19.4 Å². The van der Waals surface area contributed by atoms with Gasteiger partial charge in [-0.15, -0.1) is 0 Å². The fourth-order valence-electron chi connectivity index (χ4n) is 1.41. The second-order valence-corrected chi connectivity index (χ2v) is 6.18. The summed E-state index contributed by atoms with van der Waals surface area (Å²) in [6.45, 7) is 0. The number of carbonyl (C=O) groups is 2. The average molecular weight is 336 g/mol. The highest BCUT2D eigenvalue weighted by Crippen LogP contribution is 2.36. The molecule has 0 N–H and O–H groups in total. The number of hydrogen-bond acceptors (Lipinski definition) is 8. The molecule has 2 heterocycles. The number of rotatable bonds is 5. The number of hydrogen-bond donors (Lipinski definition) is 0. The highest BCUT2D eigenvalue weighted by molar-refractivity contribution is 8.76. The summed E-state index contributed by atoms with van der Waals surface area (Å²) < 4.78 is 9.17. The Bertz CT molecular complexity index is 600. The van der Waals surface area contributed by atoms with Gasteiger partial charge < -0.3 is 9.47 Å². The lowest BCUT2D eigenvalue weighted by Crippen LogP contribution is -2.03. The van der Waals surface area contributed by atoms with Crippen LogP contribution in [0.4, 0.5) is 0 Å². The molecule has 0 saturated carbocycles. The Morgan fingerprint density at radius 3 is 1.50 bits per heavy atom. The first-order valence-electron chi connectivity index (χ1n) is 6.07. The molecule has 8 heteroatoms. The minimum atomic E-state index is -0.466. The molecule has 0 aliphatic carbocycles. The molecule has 0 aromatic carbocycles. The lowest BCUT2D eigenvalue weighted by molar-refractivity contribution is 0.0585. The fourth-order valence-corrected chi connectivity index (χ4v) is 3.21. The Morgan fingerprint density at radius 2 is 1.23 bits per heavy atom. The molecule has 0 atom stereocenters. The van der Waals surface area contributed by atoms with E-state index in [1.54, 1.807) is 36.7 Å². The molecule has 6 nitrogen and oxygen atoms in total. The molecule has 2 rings (SSSR count). The zero-order chi connectivity index (χ0) is 15.9. The van der Waals surface area contributed by atoms with Gasteiger partial charge in [-0.05, 0) is 24.3 Å². The third-order valence-electron chi connectivity index (χ3n) is 2.50. The van der Waals surface area contributed by atoms with Gasteiger partial charge in [-0.2, -0.15) is 0 Å². The molecule has 0 unspecified atom stereocenters. The highest BCUT2D eigenvalue weighted by Gasteiger charge is 2.08. The Balaban J connectivity index is 1.95. The summed E-state index contributed by atoms with van der Waals surface area (Å²) in [6, 6.07) is 6.78. The van der Waals surface area contributed by atoms with E-state index in [-0.39, 0.29) is 11.4 Å². The number of esters is 2. The molecule has 0 radical (unpaired) electrons. The second kappa shape index (κ2) is 7.81. The van der Waals surface area contributed by atoms with E-state index in [9.17, 15) is 9.59 Å². The molecule has 0 spiro atoms. The molecular formula is C14H12N2O4S2. The van der Waals surface area contributed by atoms with Crippen LogP contribution in [0.15, 0.2) is 46.5 Å². The third-order valence-corrected chi connectivity index (χ3v) is 4.85. The van der Waals surface area contributed by atoms with E-state index in [1.807, 2.05) is 0 Å². The van der Waals surface area contributed by atoms with Crippen LogP contribution in [0.25, 0.3) is 0 Å². The van der Waals surface area contributed by atoms with Gasteiger partial charge in [0, 0.05) is 22.2 Å². The van der Waals surface area contributed by atoms with Crippen LogP contribution in [-0.2, 0) is 9.47 Å². The number of aromatic nitrogens is 2. The van der Waals surface area contributed by atoms with Crippen molar-refractivity contribution in [1.29, 1.82) is 0 Å². The minimum Gasteiger partial charge on any atom is -0.464 e. The van der Waals surface area contributed by atoms with Crippen molar-refractivity contribution in [2.45, 2.75) is 9.79 Å². The first-order chi connectivity index (χ1) is 10.6. The van der Waals surface area contributed by atoms with Crippen LogP contribution in [0.3, 0.4) is 0 Å². The van der Waals surface area contributed by atoms with Crippen molar-refractivity contribution in [2.75, 3.05) is 14.2 Å². The molecule has 0 bridgehead atoms. The maximum atomic E-state index is 11.3. The highest BCUT2D eigenvalue weighted by atomic mass is 33.1. The van der Waals surface area contributed by atoms with Crippen LogP contribution in [-0.4, -0.2) is 36.1 Å². The molecule has 114 valence electrons. The molecule has 2 aromatic rings. The van der Waals surface area contributed by atoms with E-state index in [0.717, 1.165) is 9.79 Å². The van der Waals surface area contributed by atoms with Gasteiger partial charge in [0.25, 0.3) is 0 Å². The maximum absolute atomic E-state index is 11.3. The smallest absolute Gasteiger partial charge is 0.356 e. The largest absolute Gasteiger partial charge is 0.464 e. The van der Waals surface area contributed by atoms with E-state index in [0.29, 0.717) is 0 Å². The first-order valence-corrected chi connectivity index (χ1v) is 8.22. The Labute approximate surface area is 135 Å². The Kier molecular flexibility index (Phi) is 5.79. The van der Waals surface area contributed by atoms with Gasteiger partial charge in [0.05, 0.1) is 14.2 Å². The standard InChI is InChI=1S/C14H12N2O4S2/c1-19-13(17)11-5-3-9(7-15-11)21-22-10-4-6-12(16-8-10)14(18)20-2/h3-8H,1-2H3. The van der Waals surface area contributed by atoms with Crippen molar-refractivity contribution in [3.63, 3.8) is 0 Å². The monoisotopic (exact) mass is 336 g/mol. The van der Waals surface area contributed by atoms with E-state index >= 15 is 0 Å². The number of nitrogens with zero attached hydrogens (tertiary/aromatic N) is 2. The van der Waals surface area contributed by atoms with Crippen LogP contribution < -0.4 is 0 Å². The summed E-state index contributed by atoms with van der Waals surface area (Å²) in [4.78, 5) is 32.4. The van der Waals surface area contributed by atoms with E-state index < -0.39 is 11.9 Å². The lowest BCUT2D eigenvalue weighted by Gasteiger charge is -2.03. The summed E-state index contributed by atoms with van der Waals surface area (Å²) in [5.41, 5.74) is 0.530. The Morgan fingerprint density at radius 1 is 0.818 bits per heavy atom. The van der Waals surface area contributed by atoms with Crippen molar-refractivity contribution < 1.29 is 19.1 Å². The number of methoxy groups -OCH3 is 2. The van der Waals surface area contributed by atoms with E-state index in [4.69, 9.17) is 0 Å². The zero-order valence-electron chi connectivity index (χ0n) is 11.8. The van der Waals surface area contributed by atoms with Crippen molar-refractivity contribution in [3.8, 4) is 0 Å². The molecule has 0 amide bonds. The molecule has 0 fully saturated rings. The normalized spacial score (nSPS) is 10.1. The van der Waals surface area contributed by atoms with Gasteiger partial charge in [0.15, 0.2) is 0 Å². The summed E-state index contributed by atoms with van der Waals surface area (Å²) >= 11 is 0. The van der Waals surface area contributed by atoms with Crippen molar-refractivity contribution in [2.24, 2.45) is 0 Å². The third kappa shape index (κ3) is 4.22. The van der Waals surface area contributed by atoms with Crippen molar-refractivity contribution in [1.82, 2.24) is 9.97 Å². The van der Waals surface area contributed by atoms with Gasteiger partial charge in [-0.3, -0.25) is 0 Å². The fraction of sp³-hybridized carbons (Fsp3) is 0.143. The zero-order valence-corrected chi connectivity index (χ0v) is 13.4. The first kappa shape index (κ1) is 16.3. The molecule has 0 saturated heterocycles. The molecule has 0 aliphatic rings. The molecule has 0 aliphatic heterocycles. The maximum Gasteiger partial charge on any atom is 0.356 e. The van der Waals surface area contributed by atoms with Gasteiger partial charge in [-0.25, -0.2) is 19.6 Å². The molecule has 2 aromatic heterocycles. The van der Waals surface area contributed by atoms with E-state index in [1.165, 1.54) is 35.8 Å². The lowest BCUT2D eigenvalue weighted by atomic mass is 10.3. The summed E-state index contributed by atoms with van der Waals surface area (Å²) in [6.07, 6.45) is 3.19. The van der Waals surface area contributed by atoms with Crippen LogP contribution in [0, 0.1) is 0 Å². The molecule has 22 heavy (non-hydrogen) atoms. The number of pyridine rings is 2. The van der Waals surface area contributed by atoms with Gasteiger partial charge in [0.2, 0.25) is 0 Å². The summed E-state index contributed by atoms with van der Waals surface area (Å²) in [5.74, 6) is -0.932. The van der Waals surface area contributed by atoms with Crippen LogP contribution in [0.5, 0.6) is 0 Å². The summed E-state index contributed by atoms with van der Waals surface area (Å²) in [5, 5.41) is 0. The number of ether oxygens (including phenoxy) is 2. The van der Waals surface area contributed by atoms with Crippen molar-refractivity contribution >= 4 is 33.5 Å². The molecular weight excluding hydrogens is 324 g/mol. The van der Waals surface area contributed by atoms with Crippen LogP contribution in [0.2, 0.25) is 0 Å². The second-order valence-electron chi connectivity index (χ2n) is 3.91. The average Bonchev–Trinajstić information content (AvgIpc) is 2.59. The van der Waals surface area contributed by atoms with Gasteiger partial charge in [0.1, 0.15) is 11.4 Å². The SMILES string of the molecule is COC(=O)c1ccc(SSc2ccc(C(=O)OC)nc2)cn1. The summed E-state index contributed by atoms with van der Waals surface area (Å²) in [7, 11) is 5.56. The van der Waals surface area contributed by atoms with Crippen LogP contribution >= 0.6 is 21.6 Å². The van der Waals surface area contributed by atoms with Crippen LogP contribution in [0.1, 0.15) is 21.0 Å².